The first kappa shape index (κ1) is 29.1. The summed E-state index contributed by atoms with van der Waals surface area (Å²) < 4.78 is 15.5. The molecule has 0 atom stereocenters. The second-order valence-corrected chi connectivity index (χ2v) is 9.35. The summed E-state index contributed by atoms with van der Waals surface area (Å²) in [4.78, 5) is 25.5. The van der Waals surface area contributed by atoms with Crippen LogP contribution in [0.5, 0.6) is 0 Å². The molecule has 0 aliphatic heterocycles. The molecule has 3 rings (SSSR count). The van der Waals surface area contributed by atoms with E-state index in [0.717, 1.165) is 56.4 Å². The van der Waals surface area contributed by atoms with Crippen molar-refractivity contribution in [3.05, 3.63) is 107 Å². The molecule has 6 nitrogen and oxygen atoms in total. The predicted octanol–water partition coefficient (Wildman–Crippen LogP) is 5.62. The number of benzene rings is 3. The minimum atomic E-state index is -0.339. The SMILES string of the molecule is COC(=O)CCCCN(CCOCc1ccc(CCc2ccccc2)cc1)Cc1ccc(C(=O)OC)cc1. The van der Waals surface area contributed by atoms with Gasteiger partial charge in [-0.3, -0.25) is 9.69 Å². The van der Waals surface area contributed by atoms with Crippen LogP contribution in [0.4, 0.5) is 0 Å². The summed E-state index contributed by atoms with van der Waals surface area (Å²) in [5, 5.41) is 0. The quantitative estimate of drug-likeness (QED) is 0.182. The van der Waals surface area contributed by atoms with Gasteiger partial charge < -0.3 is 14.2 Å². The van der Waals surface area contributed by atoms with E-state index in [4.69, 9.17) is 14.2 Å². The minimum absolute atomic E-state index is 0.177. The molecule has 0 unspecified atom stereocenters. The van der Waals surface area contributed by atoms with Gasteiger partial charge in [-0.15, -0.1) is 0 Å². The lowest BCUT2D eigenvalue weighted by Gasteiger charge is -2.22. The van der Waals surface area contributed by atoms with Crippen molar-refractivity contribution < 1.29 is 23.8 Å². The maximum absolute atomic E-state index is 11.7. The molecule has 0 bridgehead atoms. The Morgan fingerprint density at radius 3 is 1.97 bits per heavy atom. The van der Waals surface area contributed by atoms with Crippen molar-refractivity contribution in [2.75, 3.05) is 33.9 Å². The van der Waals surface area contributed by atoms with Gasteiger partial charge in [-0.05, 0) is 66.6 Å². The summed E-state index contributed by atoms with van der Waals surface area (Å²) in [5.41, 5.74) is 5.49. The van der Waals surface area contributed by atoms with E-state index in [2.05, 4.69) is 53.4 Å². The van der Waals surface area contributed by atoms with Crippen molar-refractivity contribution in [3.8, 4) is 0 Å². The summed E-state index contributed by atoms with van der Waals surface area (Å²) >= 11 is 0. The molecule has 0 aromatic heterocycles. The number of unbranched alkanes of at least 4 members (excludes halogenated alkanes) is 1. The van der Waals surface area contributed by atoms with Crippen LogP contribution in [0, 0.1) is 0 Å². The number of hydrogen-bond acceptors (Lipinski definition) is 6. The highest BCUT2D eigenvalue weighted by atomic mass is 16.5. The smallest absolute Gasteiger partial charge is 0.337 e. The normalized spacial score (nSPS) is 10.9. The van der Waals surface area contributed by atoms with E-state index < -0.39 is 0 Å². The molecule has 3 aromatic carbocycles. The maximum atomic E-state index is 11.7. The Morgan fingerprint density at radius 2 is 1.32 bits per heavy atom. The van der Waals surface area contributed by atoms with Gasteiger partial charge >= 0.3 is 11.9 Å². The number of hydrogen-bond donors (Lipinski definition) is 0. The van der Waals surface area contributed by atoms with Crippen LogP contribution >= 0.6 is 0 Å². The van der Waals surface area contributed by atoms with Gasteiger partial charge in [0.2, 0.25) is 0 Å². The number of ether oxygens (including phenoxy) is 3. The lowest BCUT2D eigenvalue weighted by molar-refractivity contribution is -0.140. The Bertz CT molecular complexity index is 1100. The summed E-state index contributed by atoms with van der Waals surface area (Å²) in [5.74, 6) is -0.516. The first-order valence-corrected chi connectivity index (χ1v) is 13.2. The van der Waals surface area contributed by atoms with E-state index >= 15 is 0 Å². The highest BCUT2D eigenvalue weighted by molar-refractivity contribution is 5.89. The second kappa shape index (κ2) is 16.4. The Kier molecular flexibility index (Phi) is 12.5. The van der Waals surface area contributed by atoms with Crippen molar-refractivity contribution >= 4 is 11.9 Å². The zero-order valence-electron chi connectivity index (χ0n) is 22.6. The lowest BCUT2D eigenvalue weighted by Crippen LogP contribution is -2.28. The number of carbonyl (C=O) groups is 2. The third-order valence-corrected chi connectivity index (χ3v) is 6.50. The average molecular weight is 518 g/mol. The molecule has 0 saturated carbocycles. The average Bonchev–Trinajstić information content (AvgIpc) is 2.97. The molecule has 3 aromatic rings. The van der Waals surface area contributed by atoms with Crippen LogP contribution in [-0.2, 0) is 45.0 Å². The topological polar surface area (TPSA) is 65.1 Å². The molecule has 0 spiro atoms. The second-order valence-electron chi connectivity index (χ2n) is 9.35. The van der Waals surface area contributed by atoms with Gasteiger partial charge in [0, 0.05) is 19.5 Å². The molecule has 6 heteroatoms. The summed E-state index contributed by atoms with van der Waals surface area (Å²) in [7, 11) is 2.80. The number of esters is 2. The predicted molar refractivity (Wildman–Crippen MR) is 149 cm³/mol. The van der Waals surface area contributed by atoms with Crippen LogP contribution in [0.3, 0.4) is 0 Å². The van der Waals surface area contributed by atoms with E-state index in [1.165, 1.54) is 25.3 Å². The molecule has 0 fully saturated rings. The highest BCUT2D eigenvalue weighted by Gasteiger charge is 2.10. The van der Waals surface area contributed by atoms with Gasteiger partial charge in [-0.25, -0.2) is 4.79 Å². The van der Waals surface area contributed by atoms with Gasteiger partial charge in [0.25, 0.3) is 0 Å². The van der Waals surface area contributed by atoms with E-state index in [-0.39, 0.29) is 11.9 Å². The fourth-order valence-corrected chi connectivity index (χ4v) is 4.22. The third-order valence-electron chi connectivity index (χ3n) is 6.50. The Balaban J connectivity index is 1.45. The van der Waals surface area contributed by atoms with Crippen LogP contribution in [-0.4, -0.2) is 50.8 Å². The number of nitrogens with zero attached hydrogens (tertiary/aromatic N) is 1. The third kappa shape index (κ3) is 10.5. The summed E-state index contributed by atoms with van der Waals surface area (Å²) in [6.45, 7) is 3.52. The fraction of sp³-hybridized carbons (Fsp3) is 0.375. The molecule has 0 heterocycles. The molecule has 0 N–H and O–H groups in total. The van der Waals surface area contributed by atoms with Crippen LogP contribution < -0.4 is 0 Å². The van der Waals surface area contributed by atoms with Crippen LogP contribution in [0.2, 0.25) is 0 Å². The van der Waals surface area contributed by atoms with Crippen LogP contribution in [0.15, 0.2) is 78.9 Å². The first-order chi connectivity index (χ1) is 18.6. The number of aryl methyl sites for hydroxylation is 2. The van der Waals surface area contributed by atoms with Crippen LogP contribution in [0.1, 0.15) is 51.9 Å². The zero-order chi connectivity index (χ0) is 27.0. The van der Waals surface area contributed by atoms with Crippen LogP contribution in [0.25, 0.3) is 0 Å². The Labute approximate surface area is 226 Å². The van der Waals surface area contributed by atoms with Gasteiger partial charge in [0.1, 0.15) is 0 Å². The van der Waals surface area contributed by atoms with E-state index in [0.29, 0.717) is 25.2 Å². The monoisotopic (exact) mass is 517 g/mol. The van der Waals surface area contributed by atoms with Gasteiger partial charge in [-0.1, -0.05) is 66.7 Å². The summed E-state index contributed by atoms with van der Waals surface area (Å²) in [6, 6.07) is 26.7. The molecule has 0 aliphatic carbocycles. The van der Waals surface area contributed by atoms with Crippen molar-refractivity contribution in [2.24, 2.45) is 0 Å². The molecule has 0 amide bonds. The number of carbonyl (C=O) groups excluding carboxylic acids is 2. The van der Waals surface area contributed by atoms with E-state index in [9.17, 15) is 9.59 Å². The van der Waals surface area contributed by atoms with Gasteiger partial charge in [-0.2, -0.15) is 0 Å². The maximum Gasteiger partial charge on any atom is 0.337 e. The van der Waals surface area contributed by atoms with E-state index in [1.54, 1.807) is 12.1 Å². The zero-order valence-corrected chi connectivity index (χ0v) is 22.6. The molecule has 0 aliphatic rings. The standard InChI is InChI=1S/C32H39NO5/c1-36-31(34)10-6-7-21-33(24-28-17-19-30(20-18-28)32(35)37-2)22-23-38-25-29-15-13-27(14-16-29)12-11-26-8-4-3-5-9-26/h3-5,8-9,13-20H,6-7,10-12,21-25H2,1-2H3. The molecule has 38 heavy (non-hydrogen) atoms. The van der Waals surface area contributed by atoms with Crippen molar-refractivity contribution in [1.82, 2.24) is 4.90 Å². The first-order valence-electron chi connectivity index (χ1n) is 13.2. The van der Waals surface area contributed by atoms with Crippen molar-refractivity contribution in [3.63, 3.8) is 0 Å². The minimum Gasteiger partial charge on any atom is -0.469 e. The van der Waals surface area contributed by atoms with Gasteiger partial charge in [0.15, 0.2) is 0 Å². The largest absolute Gasteiger partial charge is 0.469 e. The molecular weight excluding hydrogens is 478 g/mol. The highest BCUT2D eigenvalue weighted by Crippen LogP contribution is 2.12. The number of methoxy groups -OCH3 is 2. The lowest BCUT2D eigenvalue weighted by atomic mass is 10.0. The number of rotatable bonds is 16. The molecule has 0 saturated heterocycles. The van der Waals surface area contributed by atoms with E-state index in [1.807, 2.05) is 18.2 Å². The van der Waals surface area contributed by atoms with Crippen molar-refractivity contribution in [1.29, 1.82) is 0 Å². The Hall–Kier alpha value is -3.48. The molecular formula is C32H39NO5. The van der Waals surface area contributed by atoms with Crippen molar-refractivity contribution in [2.45, 2.75) is 45.3 Å². The fourth-order valence-electron chi connectivity index (χ4n) is 4.22. The van der Waals surface area contributed by atoms with Gasteiger partial charge in [0.05, 0.1) is 33.0 Å². The summed E-state index contributed by atoms with van der Waals surface area (Å²) in [6.07, 6.45) is 4.16. The Morgan fingerprint density at radius 1 is 0.684 bits per heavy atom. The molecule has 202 valence electrons. The molecule has 0 radical (unpaired) electrons.